The molecular weight excluding hydrogens is 340 g/mol. The van der Waals surface area contributed by atoms with Gasteiger partial charge in [0.25, 0.3) is 0 Å². The Morgan fingerprint density at radius 2 is 2.16 bits per heavy atom. The number of carbonyl (C=O) groups is 2. The number of benzene rings is 1. The van der Waals surface area contributed by atoms with Crippen molar-refractivity contribution in [1.29, 1.82) is 0 Å². The number of rotatable bonds is 8. The third-order valence-corrected chi connectivity index (χ3v) is 4.59. The summed E-state index contributed by atoms with van der Waals surface area (Å²) in [5.41, 5.74) is 1.11. The van der Waals surface area contributed by atoms with E-state index in [0.717, 1.165) is 17.1 Å². The van der Waals surface area contributed by atoms with E-state index in [1.54, 1.807) is 11.8 Å². The second-order valence-electron chi connectivity index (χ2n) is 5.45. The van der Waals surface area contributed by atoms with Crippen molar-refractivity contribution in [2.24, 2.45) is 5.92 Å². The summed E-state index contributed by atoms with van der Waals surface area (Å²) in [5, 5.41) is 5.36. The van der Waals surface area contributed by atoms with Gasteiger partial charge in [0.15, 0.2) is 0 Å². The molecule has 2 rings (SSSR count). The molecule has 2 amide bonds. The highest BCUT2D eigenvalue weighted by molar-refractivity contribution is 7.99. The molecule has 0 unspecified atom stereocenters. The first-order valence-corrected chi connectivity index (χ1v) is 9.45. The van der Waals surface area contributed by atoms with Crippen LogP contribution in [0.2, 0.25) is 0 Å². The molecule has 0 saturated carbocycles. The molecule has 0 spiro atoms. The third kappa shape index (κ3) is 5.16. The SMILES string of the molecule is C=C1NC(=O)N[C@H](c2cccc(OCC)c2)[C@H]1C(=O)OCCSCC. The molecule has 1 heterocycles. The van der Waals surface area contributed by atoms with Gasteiger partial charge in [-0.3, -0.25) is 4.79 Å². The van der Waals surface area contributed by atoms with Crippen LogP contribution in [0.25, 0.3) is 0 Å². The van der Waals surface area contributed by atoms with Gasteiger partial charge in [-0.05, 0) is 30.4 Å². The van der Waals surface area contributed by atoms with Crippen LogP contribution in [0.3, 0.4) is 0 Å². The molecular formula is C18H24N2O4S. The first-order chi connectivity index (χ1) is 12.1. The fourth-order valence-corrected chi connectivity index (χ4v) is 3.13. The van der Waals surface area contributed by atoms with E-state index in [1.807, 2.05) is 31.2 Å². The molecule has 2 atom stereocenters. The van der Waals surface area contributed by atoms with E-state index >= 15 is 0 Å². The summed E-state index contributed by atoms with van der Waals surface area (Å²) in [7, 11) is 0. The summed E-state index contributed by atoms with van der Waals surface area (Å²) in [5.74, 6) is 1.30. The summed E-state index contributed by atoms with van der Waals surface area (Å²) in [6.45, 7) is 8.66. The van der Waals surface area contributed by atoms with E-state index in [1.165, 1.54) is 0 Å². The average Bonchev–Trinajstić information content (AvgIpc) is 2.58. The zero-order valence-electron chi connectivity index (χ0n) is 14.5. The van der Waals surface area contributed by atoms with Crippen molar-refractivity contribution in [2.45, 2.75) is 19.9 Å². The second-order valence-corrected chi connectivity index (χ2v) is 6.84. The fourth-order valence-electron chi connectivity index (χ4n) is 2.64. The van der Waals surface area contributed by atoms with Gasteiger partial charge in [-0.25, -0.2) is 4.79 Å². The molecule has 1 aromatic carbocycles. The fraction of sp³-hybridized carbons (Fsp3) is 0.444. The molecule has 1 aliphatic heterocycles. The topological polar surface area (TPSA) is 76.7 Å². The molecule has 7 heteroatoms. The molecule has 1 aliphatic rings. The molecule has 25 heavy (non-hydrogen) atoms. The number of urea groups is 1. The highest BCUT2D eigenvalue weighted by atomic mass is 32.2. The molecule has 0 aromatic heterocycles. The van der Waals surface area contributed by atoms with Gasteiger partial charge in [0.05, 0.1) is 12.6 Å². The van der Waals surface area contributed by atoms with Crippen LogP contribution in [0, 0.1) is 5.92 Å². The number of hydrogen-bond acceptors (Lipinski definition) is 5. The predicted molar refractivity (Wildman–Crippen MR) is 98.6 cm³/mol. The number of carbonyl (C=O) groups excluding carboxylic acids is 2. The van der Waals surface area contributed by atoms with E-state index in [9.17, 15) is 9.59 Å². The Labute approximate surface area is 152 Å². The molecule has 1 aromatic rings. The van der Waals surface area contributed by atoms with Crippen LogP contribution in [0.15, 0.2) is 36.5 Å². The molecule has 1 saturated heterocycles. The number of esters is 1. The predicted octanol–water partition coefficient (Wildman–Crippen LogP) is 2.87. The van der Waals surface area contributed by atoms with Crippen molar-refractivity contribution in [3.8, 4) is 5.75 Å². The molecule has 0 aliphatic carbocycles. The first-order valence-electron chi connectivity index (χ1n) is 8.30. The Bertz CT molecular complexity index is 635. The Kier molecular flexibility index (Phi) is 7.18. The number of ether oxygens (including phenoxy) is 2. The standard InChI is InChI=1S/C18H24N2O4S/c1-4-23-14-8-6-7-13(11-14)16-15(12(3)19-18(22)20-16)17(21)24-9-10-25-5-2/h6-8,11,15-16H,3-5,9-10H2,1-2H3,(H2,19,20,22)/t15-,16+/m0/s1. The van der Waals surface area contributed by atoms with Crippen LogP contribution in [-0.2, 0) is 9.53 Å². The van der Waals surface area contributed by atoms with E-state index in [4.69, 9.17) is 9.47 Å². The van der Waals surface area contributed by atoms with Gasteiger partial charge >= 0.3 is 12.0 Å². The smallest absolute Gasteiger partial charge is 0.319 e. The summed E-state index contributed by atoms with van der Waals surface area (Å²) in [6, 6.07) is 6.40. The van der Waals surface area contributed by atoms with Gasteiger partial charge in [-0.2, -0.15) is 11.8 Å². The lowest BCUT2D eigenvalue weighted by molar-refractivity contribution is -0.147. The maximum absolute atomic E-state index is 12.6. The van der Waals surface area contributed by atoms with Crippen molar-refractivity contribution in [2.75, 3.05) is 24.7 Å². The third-order valence-electron chi connectivity index (χ3n) is 3.73. The summed E-state index contributed by atoms with van der Waals surface area (Å²) >= 11 is 1.70. The van der Waals surface area contributed by atoms with Crippen LogP contribution in [0.1, 0.15) is 25.5 Å². The van der Waals surface area contributed by atoms with Crippen molar-refractivity contribution >= 4 is 23.8 Å². The Morgan fingerprint density at radius 1 is 1.36 bits per heavy atom. The minimum Gasteiger partial charge on any atom is -0.494 e. The average molecular weight is 364 g/mol. The lowest BCUT2D eigenvalue weighted by atomic mass is 9.89. The molecule has 6 nitrogen and oxygen atoms in total. The van der Waals surface area contributed by atoms with Gasteiger partial charge in [0.2, 0.25) is 0 Å². The first kappa shape index (κ1) is 19.2. The van der Waals surface area contributed by atoms with Gasteiger partial charge in [-0.15, -0.1) is 0 Å². The lowest BCUT2D eigenvalue weighted by Crippen LogP contribution is -2.51. The number of nitrogens with one attached hydrogen (secondary N) is 2. The lowest BCUT2D eigenvalue weighted by Gasteiger charge is -2.33. The van der Waals surface area contributed by atoms with E-state index in [-0.39, 0.29) is 6.03 Å². The zero-order valence-corrected chi connectivity index (χ0v) is 15.4. The Hall–Kier alpha value is -2.15. The minimum absolute atomic E-state index is 0.334. The monoisotopic (exact) mass is 364 g/mol. The highest BCUT2D eigenvalue weighted by Crippen LogP contribution is 2.32. The van der Waals surface area contributed by atoms with Gasteiger partial charge < -0.3 is 20.1 Å². The largest absolute Gasteiger partial charge is 0.494 e. The van der Waals surface area contributed by atoms with E-state index < -0.39 is 17.9 Å². The molecule has 0 radical (unpaired) electrons. The van der Waals surface area contributed by atoms with E-state index in [0.29, 0.717) is 24.7 Å². The maximum Gasteiger partial charge on any atom is 0.319 e. The zero-order chi connectivity index (χ0) is 18.2. The molecule has 1 fully saturated rings. The Morgan fingerprint density at radius 3 is 2.88 bits per heavy atom. The van der Waals surface area contributed by atoms with Gasteiger partial charge in [0.1, 0.15) is 18.3 Å². The van der Waals surface area contributed by atoms with Crippen LogP contribution in [-0.4, -0.2) is 36.7 Å². The van der Waals surface area contributed by atoms with Crippen molar-refractivity contribution in [3.05, 3.63) is 42.1 Å². The summed E-state index contributed by atoms with van der Waals surface area (Å²) in [6.07, 6.45) is 0. The van der Waals surface area contributed by atoms with Crippen LogP contribution >= 0.6 is 11.8 Å². The Balaban J connectivity index is 2.18. The summed E-state index contributed by atoms with van der Waals surface area (Å²) in [4.78, 5) is 24.4. The number of amides is 2. The van der Waals surface area contributed by atoms with Gasteiger partial charge in [0, 0.05) is 11.4 Å². The van der Waals surface area contributed by atoms with Crippen LogP contribution in [0.4, 0.5) is 4.79 Å². The van der Waals surface area contributed by atoms with Crippen molar-refractivity contribution in [3.63, 3.8) is 0 Å². The van der Waals surface area contributed by atoms with Gasteiger partial charge in [-0.1, -0.05) is 25.6 Å². The normalized spacial score (nSPS) is 19.8. The number of thioether (sulfide) groups is 1. The highest BCUT2D eigenvalue weighted by Gasteiger charge is 2.39. The van der Waals surface area contributed by atoms with Crippen molar-refractivity contribution in [1.82, 2.24) is 10.6 Å². The van der Waals surface area contributed by atoms with Crippen molar-refractivity contribution < 1.29 is 19.1 Å². The maximum atomic E-state index is 12.6. The minimum atomic E-state index is -0.693. The van der Waals surface area contributed by atoms with Crippen LogP contribution in [0.5, 0.6) is 5.75 Å². The molecule has 2 N–H and O–H groups in total. The second kappa shape index (κ2) is 9.36. The van der Waals surface area contributed by atoms with Crippen LogP contribution < -0.4 is 15.4 Å². The number of hydrogen-bond donors (Lipinski definition) is 2. The summed E-state index contributed by atoms with van der Waals surface area (Å²) < 4.78 is 10.9. The molecule has 0 bridgehead atoms. The molecule has 136 valence electrons. The van der Waals surface area contributed by atoms with E-state index in [2.05, 4.69) is 24.1 Å². The quantitative estimate of drug-likeness (QED) is 0.548.